The van der Waals surface area contributed by atoms with E-state index >= 15 is 0 Å². The quantitative estimate of drug-likeness (QED) is 0.619. The molecular weight excluding hydrogens is 451 g/mol. The molecule has 0 saturated carbocycles. The number of thioether (sulfide) groups is 1. The number of benzene rings is 1. The van der Waals surface area contributed by atoms with Gasteiger partial charge in [0.25, 0.3) is 11.1 Å². The van der Waals surface area contributed by atoms with Crippen molar-refractivity contribution in [1.29, 1.82) is 0 Å². The fourth-order valence-corrected chi connectivity index (χ4v) is 2.91. The van der Waals surface area contributed by atoms with Crippen LogP contribution in [-0.4, -0.2) is 53.6 Å². The molecule has 1 fully saturated rings. The molecule has 0 bridgehead atoms. The Morgan fingerprint density at radius 3 is 2.38 bits per heavy atom. The predicted octanol–water partition coefficient (Wildman–Crippen LogP) is 3.55. The summed E-state index contributed by atoms with van der Waals surface area (Å²) in [6, 6.07) is 13.2. The van der Waals surface area contributed by atoms with E-state index in [1.807, 2.05) is 54.4 Å². The highest BCUT2D eigenvalue weighted by atomic mass is 32.2. The number of rotatable bonds is 6. The molecule has 0 aliphatic carbocycles. The lowest BCUT2D eigenvalue weighted by molar-refractivity contribution is -0.192. The van der Waals surface area contributed by atoms with E-state index in [0.29, 0.717) is 18.1 Å². The Balaban J connectivity index is 0.000000451. The van der Waals surface area contributed by atoms with Gasteiger partial charge in [0.15, 0.2) is 0 Å². The van der Waals surface area contributed by atoms with E-state index in [9.17, 15) is 22.8 Å². The van der Waals surface area contributed by atoms with Crippen molar-refractivity contribution in [2.24, 2.45) is 0 Å². The number of nitrogens with one attached hydrogen (secondary N) is 1. The standard InChI is InChI=1S/C18H17N3O3S.C2HF3O2/c1-21(16-4-2-3-9-19-16)10-11-24-14-7-5-13(6-8-14)12-15-17(22)20-18(23)25-15;3-2(4,5)1(6)7/h2-9,12H,10-11H2,1H3,(H,20,22,23);(H,6,7)/b15-12+;. The van der Waals surface area contributed by atoms with Crippen LogP contribution in [0.25, 0.3) is 6.08 Å². The van der Waals surface area contributed by atoms with Crippen molar-refractivity contribution in [1.82, 2.24) is 10.3 Å². The normalized spacial score (nSPS) is 14.4. The summed E-state index contributed by atoms with van der Waals surface area (Å²) in [5, 5.41) is 9.02. The maximum Gasteiger partial charge on any atom is 0.490 e. The monoisotopic (exact) mass is 469 g/mol. The van der Waals surface area contributed by atoms with Crippen LogP contribution in [0.1, 0.15) is 5.56 Å². The van der Waals surface area contributed by atoms with E-state index in [0.717, 1.165) is 28.9 Å². The van der Waals surface area contributed by atoms with Crippen LogP contribution in [0, 0.1) is 0 Å². The molecule has 2 N–H and O–H groups in total. The molecule has 12 heteroatoms. The number of halogens is 3. The molecule has 0 radical (unpaired) electrons. The predicted molar refractivity (Wildman–Crippen MR) is 112 cm³/mol. The Hall–Kier alpha value is -3.54. The van der Waals surface area contributed by atoms with Gasteiger partial charge in [-0.25, -0.2) is 9.78 Å². The van der Waals surface area contributed by atoms with Gasteiger partial charge in [-0.2, -0.15) is 13.2 Å². The smallest absolute Gasteiger partial charge is 0.490 e. The summed E-state index contributed by atoms with van der Waals surface area (Å²) in [5.41, 5.74) is 0.838. The summed E-state index contributed by atoms with van der Waals surface area (Å²) >= 11 is 0.907. The highest BCUT2D eigenvalue weighted by Gasteiger charge is 2.38. The van der Waals surface area contributed by atoms with Gasteiger partial charge in [-0.15, -0.1) is 0 Å². The van der Waals surface area contributed by atoms with Crippen LogP contribution < -0.4 is 15.0 Å². The Bertz CT molecular complexity index is 982. The van der Waals surface area contributed by atoms with Crippen LogP contribution in [0.4, 0.5) is 23.8 Å². The van der Waals surface area contributed by atoms with E-state index in [1.165, 1.54) is 0 Å². The van der Waals surface area contributed by atoms with Gasteiger partial charge < -0.3 is 14.7 Å². The minimum absolute atomic E-state index is 0.340. The second-order valence-electron chi connectivity index (χ2n) is 6.18. The summed E-state index contributed by atoms with van der Waals surface area (Å²) in [5.74, 6) is -1.47. The van der Waals surface area contributed by atoms with E-state index in [4.69, 9.17) is 14.6 Å². The van der Waals surface area contributed by atoms with Crippen molar-refractivity contribution in [2.45, 2.75) is 6.18 Å². The Morgan fingerprint density at radius 1 is 1.22 bits per heavy atom. The number of imide groups is 1. The molecule has 1 aliphatic heterocycles. The molecule has 0 atom stereocenters. The van der Waals surface area contributed by atoms with E-state index in [2.05, 4.69) is 10.3 Å². The molecule has 0 spiro atoms. The second-order valence-corrected chi connectivity index (χ2v) is 7.20. The summed E-state index contributed by atoms with van der Waals surface area (Å²) in [4.78, 5) is 38.3. The molecule has 2 amide bonds. The summed E-state index contributed by atoms with van der Waals surface area (Å²) in [6.45, 7) is 1.24. The number of carboxylic acids is 1. The molecule has 0 unspecified atom stereocenters. The van der Waals surface area contributed by atoms with Gasteiger partial charge in [-0.1, -0.05) is 18.2 Å². The topological polar surface area (TPSA) is 109 Å². The van der Waals surface area contributed by atoms with Crippen molar-refractivity contribution in [3.63, 3.8) is 0 Å². The number of carbonyl (C=O) groups is 3. The number of aliphatic carboxylic acids is 1. The first-order valence-corrected chi connectivity index (χ1v) is 9.78. The van der Waals surface area contributed by atoms with Crippen molar-refractivity contribution < 1.29 is 37.4 Å². The summed E-state index contributed by atoms with van der Waals surface area (Å²) in [7, 11) is 1.96. The molecule has 170 valence electrons. The molecule has 1 aromatic heterocycles. The maximum absolute atomic E-state index is 11.5. The average molecular weight is 469 g/mol. The number of anilines is 1. The number of carboxylic acid groups (broad SMARTS) is 1. The van der Waals surface area contributed by atoms with Gasteiger partial charge in [-0.05, 0) is 47.7 Å². The van der Waals surface area contributed by atoms with Crippen LogP contribution in [0.5, 0.6) is 5.75 Å². The lowest BCUT2D eigenvalue weighted by atomic mass is 10.2. The zero-order valence-electron chi connectivity index (χ0n) is 16.6. The number of ether oxygens (including phenoxy) is 1. The van der Waals surface area contributed by atoms with Crippen LogP contribution in [0.3, 0.4) is 0 Å². The number of hydrogen-bond donors (Lipinski definition) is 2. The van der Waals surface area contributed by atoms with Crippen molar-refractivity contribution in [3.05, 3.63) is 59.1 Å². The Kier molecular flexibility index (Phi) is 8.64. The first-order chi connectivity index (χ1) is 15.1. The number of amides is 2. The zero-order valence-corrected chi connectivity index (χ0v) is 17.4. The van der Waals surface area contributed by atoms with Gasteiger partial charge in [0.05, 0.1) is 11.4 Å². The molecule has 2 heterocycles. The molecule has 32 heavy (non-hydrogen) atoms. The number of carbonyl (C=O) groups excluding carboxylic acids is 2. The molecule has 1 saturated heterocycles. The first kappa shape index (κ1) is 24.7. The second kappa shape index (κ2) is 11.2. The zero-order chi connectivity index (χ0) is 23.7. The third-order valence-corrected chi connectivity index (χ3v) is 4.61. The highest BCUT2D eigenvalue weighted by molar-refractivity contribution is 8.18. The number of likely N-dealkylation sites (N-methyl/N-ethyl adjacent to an activating group) is 1. The third kappa shape index (κ3) is 7.95. The van der Waals surface area contributed by atoms with Crippen LogP contribution in [0.15, 0.2) is 53.6 Å². The molecule has 8 nitrogen and oxygen atoms in total. The van der Waals surface area contributed by atoms with Crippen LogP contribution in [-0.2, 0) is 9.59 Å². The Labute approximate surface area is 185 Å². The van der Waals surface area contributed by atoms with Gasteiger partial charge in [0.1, 0.15) is 18.2 Å². The van der Waals surface area contributed by atoms with Crippen LogP contribution in [0.2, 0.25) is 0 Å². The molecule has 1 aromatic carbocycles. The molecular formula is C20H18F3N3O5S. The molecule has 2 aromatic rings. The lowest BCUT2D eigenvalue weighted by Gasteiger charge is -2.18. The number of alkyl halides is 3. The number of hydrogen-bond acceptors (Lipinski definition) is 7. The number of aromatic nitrogens is 1. The average Bonchev–Trinajstić information content (AvgIpc) is 3.06. The van der Waals surface area contributed by atoms with Crippen molar-refractivity contribution in [2.75, 3.05) is 25.1 Å². The fourth-order valence-electron chi connectivity index (χ4n) is 2.23. The third-order valence-electron chi connectivity index (χ3n) is 3.80. The van der Waals surface area contributed by atoms with Crippen molar-refractivity contribution >= 4 is 40.8 Å². The van der Waals surface area contributed by atoms with E-state index < -0.39 is 12.1 Å². The molecule has 3 rings (SSSR count). The van der Waals surface area contributed by atoms with E-state index in [1.54, 1.807) is 12.3 Å². The largest absolute Gasteiger partial charge is 0.492 e. The van der Waals surface area contributed by atoms with Gasteiger partial charge in [0, 0.05) is 13.2 Å². The lowest BCUT2D eigenvalue weighted by Crippen LogP contribution is -2.24. The number of nitrogens with zero attached hydrogens (tertiary/aromatic N) is 2. The van der Waals surface area contributed by atoms with E-state index in [-0.39, 0.29) is 11.1 Å². The van der Waals surface area contributed by atoms with Gasteiger partial charge in [0.2, 0.25) is 0 Å². The Morgan fingerprint density at radius 2 is 1.88 bits per heavy atom. The number of pyridine rings is 1. The minimum atomic E-state index is -5.08. The highest BCUT2D eigenvalue weighted by Crippen LogP contribution is 2.26. The van der Waals surface area contributed by atoms with Crippen LogP contribution >= 0.6 is 11.8 Å². The van der Waals surface area contributed by atoms with Gasteiger partial charge in [-0.3, -0.25) is 14.9 Å². The summed E-state index contributed by atoms with van der Waals surface area (Å²) in [6.07, 6.45) is -1.64. The maximum atomic E-state index is 11.5. The van der Waals surface area contributed by atoms with Gasteiger partial charge >= 0.3 is 12.1 Å². The summed E-state index contributed by atoms with van der Waals surface area (Å²) < 4.78 is 37.5. The SMILES string of the molecule is CN(CCOc1ccc(/C=C2/SC(=O)NC2=O)cc1)c1ccccn1.O=C(O)C(F)(F)F. The molecule has 1 aliphatic rings. The fraction of sp³-hybridized carbons (Fsp3) is 0.200. The minimum Gasteiger partial charge on any atom is -0.492 e. The van der Waals surface area contributed by atoms with Crippen molar-refractivity contribution in [3.8, 4) is 5.75 Å². The first-order valence-electron chi connectivity index (χ1n) is 8.96.